The van der Waals surface area contributed by atoms with Crippen molar-refractivity contribution in [1.29, 1.82) is 0 Å². The highest BCUT2D eigenvalue weighted by molar-refractivity contribution is 5.88. The quantitative estimate of drug-likeness (QED) is 0.361. The van der Waals surface area contributed by atoms with Crippen molar-refractivity contribution in [2.75, 3.05) is 0 Å². The van der Waals surface area contributed by atoms with Crippen molar-refractivity contribution < 1.29 is 29.3 Å². The number of aliphatic hydroxyl groups excluding tert-OH is 1. The van der Waals surface area contributed by atoms with Crippen LogP contribution in [0.5, 0.6) is 0 Å². The Labute approximate surface area is 221 Å². The minimum absolute atomic E-state index is 0.0671. The highest BCUT2D eigenvalue weighted by Gasteiger charge is 2.74. The van der Waals surface area contributed by atoms with Crippen LogP contribution in [-0.4, -0.2) is 40.4 Å². The van der Waals surface area contributed by atoms with Gasteiger partial charge in [0.25, 0.3) is 0 Å². The van der Waals surface area contributed by atoms with E-state index in [-0.39, 0.29) is 39.8 Å². The monoisotopic (exact) mass is 517 g/mol. The van der Waals surface area contributed by atoms with Gasteiger partial charge in [0.1, 0.15) is 11.9 Å². The number of nitrogens with one attached hydrogen (secondary N) is 1. The van der Waals surface area contributed by atoms with E-state index >= 15 is 0 Å². The van der Waals surface area contributed by atoms with Crippen LogP contribution in [0.2, 0.25) is 0 Å². The van der Waals surface area contributed by atoms with Crippen LogP contribution in [0.15, 0.2) is 12.7 Å². The Bertz CT molecular complexity index is 929. The van der Waals surface area contributed by atoms with E-state index in [0.717, 1.165) is 70.6 Å². The molecule has 5 rings (SSSR count). The molecule has 3 N–H and O–H groups in total. The van der Waals surface area contributed by atoms with Crippen LogP contribution in [0.3, 0.4) is 0 Å². The first-order valence-corrected chi connectivity index (χ1v) is 14.4. The molecule has 37 heavy (non-hydrogen) atoms. The first-order valence-electron chi connectivity index (χ1n) is 14.4. The van der Waals surface area contributed by atoms with Crippen molar-refractivity contribution in [3.8, 4) is 0 Å². The number of alkyl carbamates (subject to hydrolysis) is 1. The molecule has 208 valence electrons. The standard InChI is InChI=1S/C22H34O2.C8H13NO4/c1-6-19(4)9-10-20(5)14(2)13-22-12-11-21(18(20)22,8-7-16(22)23)15(3)17(19)24;10-7(11)9-8(12)13-6-4-2-1-3-5-6/h6,14-15,17-18,24H,1,7-13H2,2-5H3;6H,1-5H2,(H,9,12)(H,10,11)/t14?,15-,17?,18?,19+,20+,21?,22?;/m0./s1. The SMILES string of the molecule is C=C[C@]1(C)CC[C@]2(C)C(C)CC34CCC(CCC3=O)(C42)[C@@H](C)C1O.O=C(O)NC(=O)OC1CCCCC1. The Balaban J connectivity index is 0.000000209. The van der Waals surface area contributed by atoms with Crippen LogP contribution < -0.4 is 5.32 Å². The summed E-state index contributed by atoms with van der Waals surface area (Å²) in [7, 11) is 0. The first-order chi connectivity index (χ1) is 17.3. The number of ether oxygens (including phenoxy) is 1. The van der Waals surface area contributed by atoms with E-state index < -0.39 is 12.2 Å². The summed E-state index contributed by atoms with van der Waals surface area (Å²) in [6.07, 6.45) is 11.4. The summed E-state index contributed by atoms with van der Waals surface area (Å²) in [5.41, 5.74) is 0.0995. The molecule has 5 saturated carbocycles. The van der Waals surface area contributed by atoms with Gasteiger partial charge in [-0.15, -0.1) is 6.58 Å². The largest absolute Gasteiger partial charge is 0.465 e. The second-order valence-corrected chi connectivity index (χ2v) is 13.4. The number of imide groups is 1. The zero-order chi connectivity index (χ0) is 27.2. The van der Waals surface area contributed by atoms with Crippen LogP contribution >= 0.6 is 0 Å². The zero-order valence-electron chi connectivity index (χ0n) is 23.2. The number of carbonyl (C=O) groups is 3. The van der Waals surface area contributed by atoms with Gasteiger partial charge in [-0.05, 0) is 92.8 Å². The molecular weight excluding hydrogens is 470 g/mol. The lowest BCUT2D eigenvalue weighted by atomic mass is 9.47. The molecule has 0 aromatic heterocycles. The highest BCUT2D eigenvalue weighted by atomic mass is 16.6. The average molecular weight is 518 g/mol. The summed E-state index contributed by atoms with van der Waals surface area (Å²) in [6, 6.07) is 0. The highest BCUT2D eigenvalue weighted by Crippen LogP contribution is 2.78. The van der Waals surface area contributed by atoms with Crippen LogP contribution in [0, 0.1) is 39.4 Å². The van der Waals surface area contributed by atoms with E-state index in [1.165, 1.54) is 6.42 Å². The molecule has 0 aromatic carbocycles. The predicted octanol–water partition coefficient (Wildman–Crippen LogP) is 6.48. The zero-order valence-corrected chi connectivity index (χ0v) is 23.2. The molecular formula is C30H47NO6. The third kappa shape index (κ3) is 4.53. The molecule has 2 bridgehead atoms. The van der Waals surface area contributed by atoms with Gasteiger partial charge >= 0.3 is 12.2 Å². The third-order valence-corrected chi connectivity index (χ3v) is 11.8. The second-order valence-electron chi connectivity index (χ2n) is 13.4. The van der Waals surface area contributed by atoms with Gasteiger partial charge < -0.3 is 14.9 Å². The van der Waals surface area contributed by atoms with E-state index in [4.69, 9.17) is 9.84 Å². The molecule has 8 atom stereocenters. The Morgan fingerprint density at radius 2 is 1.73 bits per heavy atom. The summed E-state index contributed by atoms with van der Waals surface area (Å²) in [6.45, 7) is 13.4. The maximum Gasteiger partial charge on any atom is 0.416 e. The van der Waals surface area contributed by atoms with Gasteiger partial charge in [-0.2, -0.15) is 0 Å². The lowest BCUT2D eigenvalue weighted by Crippen LogP contribution is -2.56. The molecule has 0 spiro atoms. The maximum atomic E-state index is 13.1. The number of ketones is 1. The lowest BCUT2D eigenvalue weighted by molar-refractivity contribution is -0.154. The third-order valence-electron chi connectivity index (χ3n) is 11.8. The Morgan fingerprint density at radius 3 is 2.35 bits per heavy atom. The molecule has 7 nitrogen and oxygen atoms in total. The van der Waals surface area contributed by atoms with Crippen molar-refractivity contribution in [2.45, 2.75) is 117 Å². The average Bonchev–Trinajstić information content (AvgIpc) is 3.27. The van der Waals surface area contributed by atoms with E-state index in [1.807, 2.05) is 6.08 Å². The number of Topliss-reactive ketones (excluding diaryl/α,β-unsaturated/α-hetero) is 1. The first kappa shape index (κ1) is 28.1. The molecule has 5 fully saturated rings. The Hall–Kier alpha value is -1.89. The van der Waals surface area contributed by atoms with Gasteiger partial charge in [0.05, 0.1) is 6.10 Å². The topological polar surface area (TPSA) is 113 Å². The molecule has 0 heterocycles. The molecule has 5 unspecified atom stereocenters. The van der Waals surface area contributed by atoms with E-state index in [9.17, 15) is 19.5 Å². The van der Waals surface area contributed by atoms with E-state index in [0.29, 0.717) is 17.6 Å². The van der Waals surface area contributed by atoms with E-state index in [1.54, 1.807) is 5.32 Å². The molecule has 2 amide bonds. The van der Waals surface area contributed by atoms with Crippen molar-refractivity contribution in [1.82, 2.24) is 5.32 Å². The number of aliphatic hydroxyl groups is 1. The van der Waals surface area contributed by atoms with Gasteiger partial charge in [0.15, 0.2) is 0 Å². The van der Waals surface area contributed by atoms with Gasteiger partial charge in [-0.1, -0.05) is 40.2 Å². The van der Waals surface area contributed by atoms with Crippen LogP contribution in [0.1, 0.15) is 105 Å². The van der Waals surface area contributed by atoms with Gasteiger partial charge in [0.2, 0.25) is 0 Å². The van der Waals surface area contributed by atoms with Gasteiger partial charge in [-0.25, -0.2) is 14.9 Å². The lowest BCUT2D eigenvalue weighted by Gasteiger charge is -2.58. The van der Waals surface area contributed by atoms with Crippen molar-refractivity contribution in [3.05, 3.63) is 12.7 Å². The second kappa shape index (κ2) is 10.0. The normalized spacial score (nSPS) is 44.9. The van der Waals surface area contributed by atoms with Crippen molar-refractivity contribution in [2.24, 2.45) is 39.4 Å². The molecule has 7 heteroatoms. The fraction of sp³-hybridized carbons (Fsp3) is 0.833. The molecule has 5 aliphatic rings. The Morgan fingerprint density at radius 1 is 1.05 bits per heavy atom. The molecule has 0 saturated heterocycles. The van der Waals surface area contributed by atoms with Crippen LogP contribution in [0.25, 0.3) is 0 Å². The maximum absolute atomic E-state index is 13.1. The fourth-order valence-electron chi connectivity index (χ4n) is 9.50. The number of hydrogen-bond donors (Lipinski definition) is 3. The summed E-state index contributed by atoms with van der Waals surface area (Å²) in [5.74, 6) is 1.86. The van der Waals surface area contributed by atoms with Crippen LogP contribution in [-0.2, 0) is 9.53 Å². The van der Waals surface area contributed by atoms with Gasteiger partial charge in [-0.3, -0.25) is 4.79 Å². The minimum atomic E-state index is -1.37. The number of rotatable bonds is 2. The Kier molecular flexibility index (Phi) is 7.61. The van der Waals surface area contributed by atoms with Crippen molar-refractivity contribution in [3.63, 3.8) is 0 Å². The summed E-state index contributed by atoms with van der Waals surface area (Å²) in [4.78, 5) is 33.9. The van der Waals surface area contributed by atoms with Crippen molar-refractivity contribution >= 4 is 18.0 Å². The number of carboxylic acid groups (broad SMARTS) is 1. The minimum Gasteiger partial charge on any atom is -0.465 e. The number of carbonyl (C=O) groups excluding carboxylic acids is 2. The number of amides is 2. The van der Waals surface area contributed by atoms with Crippen LogP contribution in [0.4, 0.5) is 9.59 Å². The fourth-order valence-corrected chi connectivity index (χ4v) is 9.50. The molecule has 0 radical (unpaired) electrons. The molecule has 5 aliphatic carbocycles. The molecule has 0 aromatic rings. The van der Waals surface area contributed by atoms with E-state index in [2.05, 4.69) is 34.3 Å². The predicted molar refractivity (Wildman–Crippen MR) is 141 cm³/mol. The summed E-state index contributed by atoms with van der Waals surface area (Å²) >= 11 is 0. The number of hydrogen-bond acceptors (Lipinski definition) is 5. The smallest absolute Gasteiger partial charge is 0.416 e. The molecule has 0 aliphatic heterocycles. The van der Waals surface area contributed by atoms with Gasteiger partial charge in [0, 0.05) is 17.3 Å². The summed E-state index contributed by atoms with van der Waals surface area (Å²) in [5, 5.41) is 21.2. The summed E-state index contributed by atoms with van der Waals surface area (Å²) < 4.78 is 4.87.